The Hall–Kier alpha value is -1.25. The molecule has 0 aromatic carbocycles. The second kappa shape index (κ2) is 5.59. The fourth-order valence-corrected chi connectivity index (χ4v) is 1.65. The first-order valence-corrected chi connectivity index (χ1v) is 5.64. The van der Waals surface area contributed by atoms with Crippen molar-refractivity contribution in [3.8, 4) is 0 Å². The molecule has 1 N–H and O–H groups in total. The molecule has 3 heteroatoms. The monoisotopic (exact) mass is 208 g/mol. The average molecular weight is 208 g/mol. The minimum atomic E-state index is 0.0613. The van der Waals surface area contributed by atoms with E-state index in [2.05, 4.69) is 19.2 Å². The van der Waals surface area contributed by atoms with Crippen LogP contribution in [0.3, 0.4) is 0 Å². The summed E-state index contributed by atoms with van der Waals surface area (Å²) in [5.41, 5.74) is 1.09. The maximum Gasteiger partial charge on any atom is 0.250 e. The number of aryl methyl sites for hydroxylation is 1. The quantitative estimate of drug-likeness (QED) is 0.806. The van der Waals surface area contributed by atoms with Crippen LogP contribution in [0.5, 0.6) is 0 Å². The van der Waals surface area contributed by atoms with Gasteiger partial charge in [0.15, 0.2) is 0 Å². The molecule has 0 aliphatic carbocycles. The number of rotatable bonds is 5. The molecule has 0 amide bonds. The Labute approximate surface area is 91.1 Å². The van der Waals surface area contributed by atoms with E-state index in [9.17, 15) is 4.79 Å². The lowest BCUT2D eigenvalue weighted by atomic mass is 10.2. The largest absolute Gasteiger partial charge is 0.381 e. The van der Waals surface area contributed by atoms with Gasteiger partial charge < -0.3 is 9.88 Å². The third kappa shape index (κ3) is 3.42. The van der Waals surface area contributed by atoms with Crippen molar-refractivity contribution >= 4 is 5.69 Å². The number of nitrogens with zero attached hydrogens (tertiary/aromatic N) is 1. The third-order valence-corrected chi connectivity index (χ3v) is 2.46. The lowest BCUT2D eigenvalue weighted by Gasteiger charge is -2.15. The Morgan fingerprint density at radius 3 is 2.73 bits per heavy atom. The van der Waals surface area contributed by atoms with Gasteiger partial charge in [-0.15, -0.1) is 0 Å². The Morgan fingerprint density at radius 2 is 2.13 bits per heavy atom. The molecule has 84 valence electrons. The molecule has 1 rings (SSSR count). The molecule has 0 saturated heterocycles. The molecule has 0 spiro atoms. The molecule has 0 bridgehead atoms. The summed E-state index contributed by atoms with van der Waals surface area (Å²) in [6.07, 6.45) is 4.20. The standard InChI is InChI=1S/C12H20N2O/c1-4-6-10(3)13-11-7-8-12(15)14(5-2)9-11/h7-10,13H,4-6H2,1-3H3. The number of pyridine rings is 1. The first kappa shape index (κ1) is 11.8. The molecule has 3 nitrogen and oxygen atoms in total. The van der Waals surface area contributed by atoms with Gasteiger partial charge in [0.25, 0.3) is 5.56 Å². The van der Waals surface area contributed by atoms with Crippen molar-refractivity contribution in [1.82, 2.24) is 4.57 Å². The topological polar surface area (TPSA) is 34.0 Å². The van der Waals surface area contributed by atoms with E-state index >= 15 is 0 Å². The van der Waals surface area contributed by atoms with E-state index in [1.165, 1.54) is 6.42 Å². The van der Waals surface area contributed by atoms with E-state index in [0.717, 1.165) is 18.7 Å². The normalized spacial score (nSPS) is 12.5. The highest BCUT2D eigenvalue weighted by Crippen LogP contribution is 2.08. The second-order valence-corrected chi connectivity index (χ2v) is 3.88. The van der Waals surface area contributed by atoms with Crippen LogP contribution >= 0.6 is 0 Å². The zero-order valence-electron chi connectivity index (χ0n) is 9.79. The van der Waals surface area contributed by atoms with Crippen LogP contribution in [0, 0.1) is 0 Å². The van der Waals surface area contributed by atoms with Gasteiger partial charge in [0, 0.05) is 24.8 Å². The van der Waals surface area contributed by atoms with E-state index in [0.29, 0.717) is 6.04 Å². The molecule has 0 saturated carbocycles. The molecular weight excluding hydrogens is 188 g/mol. The molecule has 1 atom stereocenters. The summed E-state index contributed by atoms with van der Waals surface area (Å²) in [6.45, 7) is 7.02. The van der Waals surface area contributed by atoms with Crippen LogP contribution in [0.1, 0.15) is 33.6 Å². The van der Waals surface area contributed by atoms with Crippen molar-refractivity contribution in [2.75, 3.05) is 5.32 Å². The van der Waals surface area contributed by atoms with Crippen molar-refractivity contribution in [1.29, 1.82) is 0 Å². The number of hydrogen-bond acceptors (Lipinski definition) is 2. The Balaban J connectivity index is 2.74. The molecular formula is C12H20N2O. The van der Waals surface area contributed by atoms with E-state index < -0.39 is 0 Å². The maximum absolute atomic E-state index is 11.3. The number of hydrogen-bond donors (Lipinski definition) is 1. The molecule has 1 aromatic heterocycles. The predicted molar refractivity (Wildman–Crippen MR) is 64.4 cm³/mol. The minimum Gasteiger partial charge on any atom is -0.381 e. The average Bonchev–Trinajstić information content (AvgIpc) is 2.21. The van der Waals surface area contributed by atoms with Gasteiger partial charge in [-0.3, -0.25) is 4.79 Å². The van der Waals surface area contributed by atoms with Gasteiger partial charge in [0.2, 0.25) is 0 Å². The second-order valence-electron chi connectivity index (χ2n) is 3.88. The van der Waals surface area contributed by atoms with Crippen molar-refractivity contribution in [3.05, 3.63) is 28.7 Å². The zero-order valence-corrected chi connectivity index (χ0v) is 9.79. The number of aromatic nitrogens is 1. The molecule has 0 radical (unpaired) electrons. The van der Waals surface area contributed by atoms with Gasteiger partial charge in [-0.1, -0.05) is 13.3 Å². The van der Waals surface area contributed by atoms with Crippen molar-refractivity contribution in [2.24, 2.45) is 0 Å². The summed E-state index contributed by atoms with van der Waals surface area (Å²) in [4.78, 5) is 11.3. The smallest absolute Gasteiger partial charge is 0.250 e. The van der Waals surface area contributed by atoms with Gasteiger partial charge >= 0.3 is 0 Å². The van der Waals surface area contributed by atoms with Gasteiger partial charge in [0.05, 0.1) is 5.69 Å². The lowest BCUT2D eigenvalue weighted by Crippen LogP contribution is -2.20. The summed E-state index contributed by atoms with van der Waals surface area (Å²) < 4.78 is 1.71. The summed E-state index contributed by atoms with van der Waals surface area (Å²) in [5.74, 6) is 0. The van der Waals surface area contributed by atoms with Crippen molar-refractivity contribution < 1.29 is 0 Å². The highest BCUT2D eigenvalue weighted by Gasteiger charge is 2.01. The fraction of sp³-hybridized carbons (Fsp3) is 0.583. The summed E-state index contributed by atoms with van der Waals surface area (Å²) in [6, 6.07) is 3.92. The molecule has 1 heterocycles. The van der Waals surface area contributed by atoms with Gasteiger partial charge in [-0.05, 0) is 26.3 Å². The van der Waals surface area contributed by atoms with Crippen LogP contribution in [0.25, 0.3) is 0 Å². The number of anilines is 1. The van der Waals surface area contributed by atoms with Crippen molar-refractivity contribution in [2.45, 2.75) is 46.2 Å². The third-order valence-electron chi connectivity index (χ3n) is 2.46. The summed E-state index contributed by atoms with van der Waals surface area (Å²) in [5, 5.41) is 3.38. The fourth-order valence-electron chi connectivity index (χ4n) is 1.65. The van der Waals surface area contributed by atoms with Crippen LogP contribution < -0.4 is 10.9 Å². The SMILES string of the molecule is CCCC(C)Nc1ccc(=O)n(CC)c1. The maximum atomic E-state index is 11.3. The van der Waals surface area contributed by atoms with E-state index in [4.69, 9.17) is 0 Å². The lowest BCUT2D eigenvalue weighted by molar-refractivity contribution is 0.683. The van der Waals surface area contributed by atoms with Gasteiger partial charge in [-0.25, -0.2) is 0 Å². The molecule has 1 aromatic rings. The first-order valence-electron chi connectivity index (χ1n) is 5.64. The van der Waals surface area contributed by atoms with E-state index in [1.807, 2.05) is 19.2 Å². The van der Waals surface area contributed by atoms with Crippen LogP contribution in [0.2, 0.25) is 0 Å². The summed E-state index contributed by atoms with van der Waals surface area (Å²) in [7, 11) is 0. The zero-order chi connectivity index (χ0) is 11.3. The van der Waals surface area contributed by atoms with Crippen LogP contribution in [0.15, 0.2) is 23.1 Å². The molecule has 0 aliphatic heterocycles. The summed E-state index contributed by atoms with van der Waals surface area (Å²) >= 11 is 0. The highest BCUT2D eigenvalue weighted by atomic mass is 16.1. The predicted octanol–water partition coefficient (Wildman–Crippen LogP) is 2.47. The highest BCUT2D eigenvalue weighted by molar-refractivity contribution is 5.41. The van der Waals surface area contributed by atoms with Crippen LogP contribution in [0.4, 0.5) is 5.69 Å². The van der Waals surface area contributed by atoms with Crippen molar-refractivity contribution in [3.63, 3.8) is 0 Å². The van der Waals surface area contributed by atoms with Crippen LogP contribution in [-0.4, -0.2) is 10.6 Å². The van der Waals surface area contributed by atoms with E-state index in [-0.39, 0.29) is 5.56 Å². The van der Waals surface area contributed by atoms with Crippen LogP contribution in [-0.2, 0) is 6.54 Å². The Bertz CT molecular complexity index is 357. The van der Waals surface area contributed by atoms with E-state index in [1.54, 1.807) is 10.6 Å². The first-order chi connectivity index (χ1) is 7.17. The molecule has 0 fully saturated rings. The van der Waals surface area contributed by atoms with Gasteiger partial charge in [0.1, 0.15) is 0 Å². The Morgan fingerprint density at radius 1 is 1.40 bits per heavy atom. The van der Waals surface area contributed by atoms with Gasteiger partial charge in [-0.2, -0.15) is 0 Å². The molecule has 15 heavy (non-hydrogen) atoms. The molecule has 0 aliphatic rings. The Kier molecular flexibility index (Phi) is 4.40. The minimum absolute atomic E-state index is 0.0613. The molecule has 1 unspecified atom stereocenters. The number of nitrogens with one attached hydrogen (secondary N) is 1.